The molecule has 0 radical (unpaired) electrons. The van der Waals surface area contributed by atoms with Crippen molar-refractivity contribution in [2.45, 2.75) is 26.0 Å². The number of carbonyl (C=O) groups is 1. The van der Waals surface area contributed by atoms with Gasteiger partial charge in [0, 0.05) is 20.2 Å². The maximum Gasteiger partial charge on any atom is 0.262 e. The number of nitrogens with one attached hydrogen (secondary N) is 2. The van der Waals surface area contributed by atoms with E-state index in [1.54, 1.807) is 6.21 Å². The van der Waals surface area contributed by atoms with Gasteiger partial charge in [-0.2, -0.15) is 5.10 Å². The zero-order valence-electron chi connectivity index (χ0n) is 17.0. The molecule has 0 unspecified atom stereocenters. The molecule has 0 fully saturated rings. The summed E-state index contributed by atoms with van der Waals surface area (Å²) in [6, 6.07) is 22.9. The predicted molar refractivity (Wildman–Crippen MR) is 132 cm³/mol. The summed E-state index contributed by atoms with van der Waals surface area (Å²) in [5.41, 5.74) is 5.34. The Morgan fingerprint density at radius 3 is 2.32 bits per heavy atom. The van der Waals surface area contributed by atoms with Crippen molar-refractivity contribution < 1.29 is 9.53 Å². The number of hydrogen-bond acceptors (Lipinski definition) is 4. The second-order valence-electron chi connectivity index (χ2n) is 6.80. The number of benzene rings is 3. The standard InChI is InChI=1S/C24H23Br2N3O2/c1-2-22(28-21-13-11-20(26)12-14-21)24(30)29-27-15-18-5-3-4-6-23(18)31-16-17-7-9-19(25)10-8-17/h3-15,22,28H,2,16H2,1H3,(H,29,30)/t22-/m0/s1. The molecule has 0 aromatic heterocycles. The van der Waals surface area contributed by atoms with Crippen molar-refractivity contribution in [3.63, 3.8) is 0 Å². The fraction of sp³-hybridized carbons (Fsp3) is 0.167. The third kappa shape index (κ3) is 7.22. The maximum atomic E-state index is 12.5. The summed E-state index contributed by atoms with van der Waals surface area (Å²) < 4.78 is 7.96. The summed E-state index contributed by atoms with van der Waals surface area (Å²) in [4.78, 5) is 12.5. The van der Waals surface area contributed by atoms with Gasteiger partial charge in [-0.25, -0.2) is 5.43 Å². The van der Waals surface area contributed by atoms with Crippen LogP contribution in [0.5, 0.6) is 5.75 Å². The van der Waals surface area contributed by atoms with Crippen LogP contribution in [0.3, 0.4) is 0 Å². The summed E-state index contributed by atoms with van der Waals surface area (Å²) in [6.45, 7) is 2.39. The van der Waals surface area contributed by atoms with Crippen LogP contribution in [0.2, 0.25) is 0 Å². The highest BCUT2D eigenvalue weighted by Crippen LogP contribution is 2.19. The third-order valence-corrected chi connectivity index (χ3v) is 5.57. The van der Waals surface area contributed by atoms with Crippen molar-refractivity contribution >= 4 is 49.7 Å². The number of amides is 1. The monoisotopic (exact) mass is 543 g/mol. The smallest absolute Gasteiger partial charge is 0.262 e. The molecule has 0 saturated heterocycles. The quantitative estimate of drug-likeness (QED) is 0.251. The Hall–Kier alpha value is -2.64. The van der Waals surface area contributed by atoms with E-state index in [1.807, 2.05) is 79.7 Å². The van der Waals surface area contributed by atoms with Crippen LogP contribution >= 0.6 is 31.9 Å². The Morgan fingerprint density at radius 1 is 1.00 bits per heavy atom. The lowest BCUT2D eigenvalue weighted by molar-refractivity contribution is -0.121. The number of anilines is 1. The third-order valence-electron chi connectivity index (χ3n) is 4.51. The number of halogens is 2. The zero-order chi connectivity index (χ0) is 22.1. The lowest BCUT2D eigenvalue weighted by atomic mass is 10.2. The van der Waals surface area contributed by atoms with E-state index in [0.29, 0.717) is 18.8 Å². The average Bonchev–Trinajstić information content (AvgIpc) is 2.79. The second kappa shape index (κ2) is 11.7. The van der Waals surface area contributed by atoms with E-state index >= 15 is 0 Å². The lowest BCUT2D eigenvalue weighted by Crippen LogP contribution is -2.36. The molecular formula is C24H23Br2N3O2. The van der Waals surface area contributed by atoms with Gasteiger partial charge in [0.2, 0.25) is 0 Å². The predicted octanol–water partition coefficient (Wildman–Crippen LogP) is 6.13. The molecule has 31 heavy (non-hydrogen) atoms. The van der Waals surface area contributed by atoms with Crippen molar-refractivity contribution in [1.82, 2.24) is 5.43 Å². The van der Waals surface area contributed by atoms with E-state index in [9.17, 15) is 4.79 Å². The molecule has 7 heteroatoms. The van der Waals surface area contributed by atoms with Gasteiger partial charge in [0.1, 0.15) is 18.4 Å². The van der Waals surface area contributed by atoms with Gasteiger partial charge in [0.05, 0.1) is 6.21 Å². The molecule has 0 heterocycles. The molecule has 1 amide bonds. The SMILES string of the molecule is CC[C@H](Nc1ccc(Br)cc1)C(=O)NN=Cc1ccccc1OCc1ccc(Br)cc1. The number of hydrazone groups is 1. The molecular weight excluding hydrogens is 522 g/mol. The van der Waals surface area contributed by atoms with Crippen LogP contribution in [0.1, 0.15) is 24.5 Å². The molecule has 5 nitrogen and oxygen atoms in total. The first-order valence-corrected chi connectivity index (χ1v) is 11.4. The van der Waals surface area contributed by atoms with Crippen LogP contribution < -0.4 is 15.5 Å². The number of ether oxygens (including phenoxy) is 1. The fourth-order valence-corrected chi connectivity index (χ4v) is 3.33. The molecule has 0 aliphatic carbocycles. The molecule has 0 saturated carbocycles. The van der Waals surface area contributed by atoms with Gasteiger partial charge in [0.15, 0.2) is 0 Å². The Labute approximate surface area is 199 Å². The van der Waals surface area contributed by atoms with Gasteiger partial charge < -0.3 is 10.1 Å². The lowest BCUT2D eigenvalue weighted by Gasteiger charge is -2.16. The summed E-state index contributed by atoms with van der Waals surface area (Å²) >= 11 is 6.84. The second-order valence-corrected chi connectivity index (χ2v) is 8.63. The Balaban J connectivity index is 1.58. The minimum absolute atomic E-state index is 0.199. The Kier molecular flexibility index (Phi) is 8.67. The topological polar surface area (TPSA) is 62.7 Å². The fourth-order valence-electron chi connectivity index (χ4n) is 2.80. The number of hydrogen-bond donors (Lipinski definition) is 2. The first-order valence-electron chi connectivity index (χ1n) is 9.86. The van der Waals surface area contributed by atoms with E-state index in [-0.39, 0.29) is 11.9 Å². The van der Waals surface area contributed by atoms with Crippen LogP contribution in [-0.2, 0) is 11.4 Å². The van der Waals surface area contributed by atoms with E-state index in [0.717, 1.165) is 25.8 Å². The number of nitrogens with zero attached hydrogens (tertiary/aromatic N) is 1. The highest BCUT2D eigenvalue weighted by atomic mass is 79.9. The van der Waals surface area contributed by atoms with Gasteiger partial charge >= 0.3 is 0 Å². The van der Waals surface area contributed by atoms with Crippen molar-refractivity contribution in [2.75, 3.05) is 5.32 Å². The highest BCUT2D eigenvalue weighted by Gasteiger charge is 2.15. The number of rotatable bonds is 9. The van der Waals surface area contributed by atoms with Gasteiger partial charge in [-0.05, 0) is 60.5 Å². The maximum absolute atomic E-state index is 12.5. The van der Waals surface area contributed by atoms with Crippen LogP contribution in [0.25, 0.3) is 0 Å². The molecule has 3 aromatic rings. The molecule has 3 rings (SSSR count). The first kappa shape index (κ1) is 23.0. The molecule has 2 N–H and O–H groups in total. The summed E-state index contributed by atoms with van der Waals surface area (Å²) in [7, 11) is 0. The van der Waals surface area contributed by atoms with Crippen LogP contribution in [-0.4, -0.2) is 18.2 Å². The van der Waals surface area contributed by atoms with Gasteiger partial charge in [-0.1, -0.05) is 63.0 Å². The van der Waals surface area contributed by atoms with Crippen LogP contribution in [0.4, 0.5) is 5.69 Å². The summed E-state index contributed by atoms with van der Waals surface area (Å²) in [6.07, 6.45) is 2.23. The number of para-hydroxylation sites is 1. The van der Waals surface area contributed by atoms with E-state index in [4.69, 9.17) is 4.74 Å². The van der Waals surface area contributed by atoms with E-state index < -0.39 is 0 Å². The molecule has 0 spiro atoms. The molecule has 0 aliphatic rings. The molecule has 3 aromatic carbocycles. The Bertz CT molecular complexity index is 1020. The van der Waals surface area contributed by atoms with E-state index in [1.165, 1.54) is 0 Å². The minimum Gasteiger partial charge on any atom is -0.488 e. The van der Waals surface area contributed by atoms with Crippen molar-refractivity contribution in [3.05, 3.63) is 92.9 Å². The zero-order valence-corrected chi connectivity index (χ0v) is 20.2. The van der Waals surface area contributed by atoms with Crippen molar-refractivity contribution in [2.24, 2.45) is 5.10 Å². The Morgan fingerprint density at radius 2 is 1.65 bits per heavy atom. The largest absolute Gasteiger partial charge is 0.488 e. The molecule has 0 aliphatic heterocycles. The summed E-state index contributed by atoms with van der Waals surface area (Å²) in [5.74, 6) is 0.498. The van der Waals surface area contributed by atoms with E-state index in [2.05, 4.69) is 47.7 Å². The van der Waals surface area contributed by atoms with Crippen molar-refractivity contribution in [3.8, 4) is 5.75 Å². The molecule has 160 valence electrons. The van der Waals surface area contributed by atoms with Crippen LogP contribution in [0.15, 0.2) is 86.8 Å². The van der Waals surface area contributed by atoms with Crippen molar-refractivity contribution in [1.29, 1.82) is 0 Å². The summed E-state index contributed by atoms with van der Waals surface area (Å²) in [5, 5.41) is 7.36. The van der Waals surface area contributed by atoms with Gasteiger partial charge in [-0.3, -0.25) is 4.79 Å². The number of carbonyl (C=O) groups excluding carboxylic acids is 1. The minimum atomic E-state index is -0.387. The molecule has 1 atom stereocenters. The normalized spacial score (nSPS) is 11.8. The first-order chi connectivity index (χ1) is 15.0. The average molecular weight is 545 g/mol. The van der Waals surface area contributed by atoms with Crippen LogP contribution in [0, 0.1) is 0 Å². The highest BCUT2D eigenvalue weighted by molar-refractivity contribution is 9.10. The van der Waals surface area contributed by atoms with Gasteiger partial charge in [0.25, 0.3) is 5.91 Å². The van der Waals surface area contributed by atoms with Gasteiger partial charge in [-0.15, -0.1) is 0 Å². The molecule has 0 bridgehead atoms.